The number of amidine groups is 1. The van der Waals surface area contributed by atoms with E-state index in [1.807, 2.05) is 13.8 Å². The van der Waals surface area contributed by atoms with Crippen LogP contribution in [-0.4, -0.2) is 40.7 Å². The molecule has 1 saturated heterocycles. The van der Waals surface area contributed by atoms with E-state index >= 15 is 4.39 Å². The van der Waals surface area contributed by atoms with Gasteiger partial charge in [0, 0.05) is 28.3 Å². The molecule has 2 aromatic rings. The molecule has 1 atom stereocenters. The summed E-state index contributed by atoms with van der Waals surface area (Å²) in [6.07, 6.45) is -2.74. The van der Waals surface area contributed by atoms with Crippen molar-refractivity contribution in [1.29, 1.82) is 5.26 Å². The van der Waals surface area contributed by atoms with E-state index in [0.29, 0.717) is 11.9 Å². The molecule has 0 amide bonds. The molecule has 12 heteroatoms. The topological polar surface area (TPSA) is 73.9 Å². The van der Waals surface area contributed by atoms with Crippen LogP contribution in [0.5, 0.6) is 0 Å². The number of oxime groups is 1. The molecule has 1 unspecified atom stereocenters. The highest BCUT2D eigenvalue weighted by Crippen LogP contribution is 2.49. The average molecular weight is 512 g/mol. The standard InChI is InChI=1S/C23H19ClF5N5O/c1-13(2)20(32-12-30)34-10-21(26,11-34)19-4-3-14(9-31-19)18-8-22(35-33-18,23(27,28)29)15-5-16(24)7-17(25)6-15/h3-7,9,13H,8,10-11H2,1-2H3/b32-20+. The number of alkyl halides is 4. The predicted molar refractivity (Wildman–Crippen MR) is 118 cm³/mol. The van der Waals surface area contributed by atoms with Crippen LogP contribution in [0.25, 0.3) is 0 Å². The fourth-order valence-electron chi connectivity index (χ4n) is 4.17. The van der Waals surface area contributed by atoms with Crippen molar-refractivity contribution in [3.63, 3.8) is 0 Å². The van der Waals surface area contributed by atoms with Crippen molar-refractivity contribution in [3.05, 3.63) is 64.2 Å². The Morgan fingerprint density at radius 3 is 2.51 bits per heavy atom. The molecule has 4 rings (SSSR count). The van der Waals surface area contributed by atoms with Gasteiger partial charge in [0.25, 0.3) is 5.60 Å². The van der Waals surface area contributed by atoms with Crippen LogP contribution in [0.4, 0.5) is 22.0 Å². The molecule has 0 saturated carbocycles. The lowest BCUT2D eigenvalue weighted by molar-refractivity contribution is -0.275. The summed E-state index contributed by atoms with van der Waals surface area (Å²) >= 11 is 5.77. The van der Waals surface area contributed by atoms with E-state index in [0.717, 1.165) is 12.1 Å². The van der Waals surface area contributed by atoms with E-state index < -0.39 is 35.2 Å². The van der Waals surface area contributed by atoms with E-state index in [2.05, 4.69) is 15.1 Å². The molecule has 6 nitrogen and oxygen atoms in total. The van der Waals surface area contributed by atoms with Crippen LogP contribution in [0.3, 0.4) is 0 Å². The van der Waals surface area contributed by atoms with Gasteiger partial charge < -0.3 is 9.74 Å². The molecule has 0 radical (unpaired) electrons. The van der Waals surface area contributed by atoms with Gasteiger partial charge in [0.2, 0.25) is 6.19 Å². The summed E-state index contributed by atoms with van der Waals surface area (Å²) in [6, 6.07) is 5.35. The highest BCUT2D eigenvalue weighted by Gasteiger charge is 2.62. The Hall–Kier alpha value is -3.26. The maximum atomic E-state index is 15.3. The number of aliphatic imine (C=N–C) groups is 1. The van der Waals surface area contributed by atoms with Crippen LogP contribution in [0.1, 0.15) is 37.1 Å². The number of rotatable bonds is 4. The summed E-state index contributed by atoms with van der Waals surface area (Å²) in [5.41, 5.74) is -5.02. The van der Waals surface area contributed by atoms with Gasteiger partial charge in [-0.1, -0.05) is 30.6 Å². The summed E-state index contributed by atoms with van der Waals surface area (Å²) in [6.45, 7) is 3.56. The van der Waals surface area contributed by atoms with E-state index in [9.17, 15) is 17.6 Å². The Kier molecular flexibility index (Phi) is 6.21. The second-order valence-corrected chi connectivity index (χ2v) is 9.20. The van der Waals surface area contributed by atoms with E-state index in [4.69, 9.17) is 21.7 Å². The lowest BCUT2D eigenvalue weighted by Crippen LogP contribution is -2.60. The number of hydrogen-bond donors (Lipinski definition) is 0. The first-order valence-electron chi connectivity index (χ1n) is 10.5. The smallest absolute Gasteiger partial charge is 0.374 e. The molecule has 1 aromatic carbocycles. The highest BCUT2D eigenvalue weighted by molar-refractivity contribution is 6.30. The van der Waals surface area contributed by atoms with Crippen LogP contribution >= 0.6 is 11.6 Å². The van der Waals surface area contributed by atoms with Gasteiger partial charge in [-0.25, -0.2) is 8.78 Å². The second kappa shape index (κ2) is 8.75. The molecule has 0 bridgehead atoms. The SMILES string of the molecule is CC(C)/C(=N\C#N)N1CC(F)(c2ccc(C3=NOC(c4cc(F)cc(Cl)c4)(C(F)(F)F)C3)cn2)C1. The minimum Gasteiger partial charge on any atom is -0.374 e. The Morgan fingerprint density at radius 2 is 1.97 bits per heavy atom. The minimum absolute atomic E-state index is 0.0559. The number of hydrogen-bond acceptors (Lipinski definition) is 5. The van der Waals surface area contributed by atoms with Crippen molar-refractivity contribution in [3.8, 4) is 6.19 Å². The van der Waals surface area contributed by atoms with Gasteiger partial charge in [-0.05, 0) is 30.3 Å². The summed E-state index contributed by atoms with van der Waals surface area (Å²) in [5.74, 6) is -0.546. The number of halogens is 6. The summed E-state index contributed by atoms with van der Waals surface area (Å²) in [7, 11) is 0. The first kappa shape index (κ1) is 24.9. The third-order valence-corrected chi connectivity index (χ3v) is 6.18. The van der Waals surface area contributed by atoms with E-state index in [1.165, 1.54) is 18.3 Å². The molecule has 0 spiro atoms. The van der Waals surface area contributed by atoms with Crippen molar-refractivity contribution in [2.45, 2.75) is 37.7 Å². The van der Waals surface area contributed by atoms with E-state index in [-0.39, 0.29) is 41.0 Å². The van der Waals surface area contributed by atoms with Crippen LogP contribution in [0, 0.1) is 23.2 Å². The maximum absolute atomic E-state index is 15.3. The average Bonchev–Trinajstić information content (AvgIpc) is 3.22. The molecular formula is C23H19ClF5N5O. The largest absolute Gasteiger partial charge is 0.435 e. The quantitative estimate of drug-likeness (QED) is 0.236. The Labute approximate surface area is 202 Å². The second-order valence-electron chi connectivity index (χ2n) is 8.77. The maximum Gasteiger partial charge on any atom is 0.435 e. The molecule has 35 heavy (non-hydrogen) atoms. The van der Waals surface area contributed by atoms with Crippen molar-refractivity contribution in [2.24, 2.45) is 16.1 Å². The van der Waals surface area contributed by atoms with Gasteiger partial charge in [0.15, 0.2) is 5.67 Å². The fraction of sp³-hybridized carbons (Fsp3) is 0.391. The monoisotopic (exact) mass is 511 g/mol. The third kappa shape index (κ3) is 4.43. The highest BCUT2D eigenvalue weighted by atomic mass is 35.5. The van der Waals surface area contributed by atoms with Crippen molar-refractivity contribution in [2.75, 3.05) is 13.1 Å². The zero-order valence-electron chi connectivity index (χ0n) is 18.6. The first-order valence-corrected chi connectivity index (χ1v) is 10.9. The van der Waals surface area contributed by atoms with Crippen LogP contribution in [-0.2, 0) is 16.1 Å². The molecule has 0 N–H and O–H groups in total. The molecule has 2 aliphatic rings. The molecule has 1 fully saturated rings. The number of likely N-dealkylation sites (tertiary alicyclic amines) is 1. The van der Waals surface area contributed by atoms with Gasteiger partial charge in [0.05, 0.1) is 30.9 Å². The molecule has 1 aromatic heterocycles. The van der Waals surface area contributed by atoms with Gasteiger partial charge in [-0.15, -0.1) is 0 Å². The third-order valence-electron chi connectivity index (χ3n) is 5.96. The molecular weight excluding hydrogens is 493 g/mol. The molecule has 184 valence electrons. The summed E-state index contributed by atoms with van der Waals surface area (Å²) in [4.78, 5) is 14.4. The Bertz CT molecular complexity index is 1210. The van der Waals surface area contributed by atoms with Crippen molar-refractivity contribution in [1.82, 2.24) is 9.88 Å². The minimum atomic E-state index is -4.93. The lowest BCUT2D eigenvalue weighted by Gasteiger charge is -2.46. The number of nitrogens with zero attached hydrogens (tertiary/aromatic N) is 5. The van der Waals surface area contributed by atoms with Crippen LogP contribution < -0.4 is 0 Å². The number of pyridine rings is 1. The summed E-state index contributed by atoms with van der Waals surface area (Å²) < 4.78 is 71.4. The van der Waals surface area contributed by atoms with Gasteiger partial charge in [-0.2, -0.15) is 23.4 Å². The van der Waals surface area contributed by atoms with E-state index in [1.54, 1.807) is 11.1 Å². The molecule has 2 aliphatic heterocycles. The number of benzene rings is 1. The van der Waals surface area contributed by atoms with Gasteiger partial charge >= 0.3 is 6.18 Å². The lowest BCUT2D eigenvalue weighted by atomic mass is 9.86. The van der Waals surface area contributed by atoms with Crippen LogP contribution in [0.2, 0.25) is 5.02 Å². The zero-order valence-corrected chi connectivity index (χ0v) is 19.3. The Balaban J connectivity index is 1.54. The predicted octanol–water partition coefficient (Wildman–Crippen LogP) is 5.47. The van der Waals surface area contributed by atoms with Crippen molar-refractivity contribution < 1.29 is 26.8 Å². The Morgan fingerprint density at radius 1 is 1.26 bits per heavy atom. The van der Waals surface area contributed by atoms with Crippen molar-refractivity contribution >= 4 is 23.1 Å². The van der Waals surface area contributed by atoms with Gasteiger partial charge in [0.1, 0.15) is 11.7 Å². The zero-order chi connectivity index (χ0) is 25.6. The summed E-state index contributed by atoms with van der Waals surface area (Å²) in [5, 5.41) is 12.2. The normalized spacial score (nSPS) is 21.9. The van der Waals surface area contributed by atoms with Gasteiger partial charge in [-0.3, -0.25) is 4.98 Å². The molecule has 0 aliphatic carbocycles. The fourth-order valence-corrected chi connectivity index (χ4v) is 4.40. The number of aromatic nitrogens is 1. The van der Waals surface area contributed by atoms with Crippen LogP contribution in [0.15, 0.2) is 46.7 Å². The first-order chi connectivity index (χ1) is 16.4. The number of nitriles is 1. The molecule has 3 heterocycles.